The Morgan fingerprint density at radius 3 is 2.33 bits per heavy atom. The summed E-state index contributed by atoms with van der Waals surface area (Å²) >= 11 is 0. The SMILES string of the molecule is COc1cc(N2CCN([C@H]3CC[C@H](n4cc(-c5cn6ncc(C#N)c6c(-c6ccc(N7C[C@H]8COC[C@@H](C7)N8Cc7ccc(F)cc7)nc6)n5)cn4)CC3)CC2)c(F)cc1NC1CCC(=O)NC1=O. The minimum absolute atomic E-state index is 0.167. The number of halogens is 2. The molecule has 1 unspecified atom stereocenters. The second-order valence-corrected chi connectivity index (χ2v) is 18.7. The van der Waals surface area contributed by atoms with Crippen molar-refractivity contribution in [2.75, 3.05) is 74.7 Å². The molecular weight excluding hydrogens is 885 g/mol. The van der Waals surface area contributed by atoms with Gasteiger partial charge in [0.2, 0.25) is 11.8 Å². The maximum Gasteiger partial charge on any atom is 0.249 e. The lowest BCUT2D eigenvalue weighted by molar-refractivity contribution is -0.133. The summed E-state index contributed by atoms with van der Waals surface area (Å²) in [6.07, 6.45) is 13.7. The lowest BCUT2D eigenvalue weighted by Crippen LogP contribution is -2.64. The number of imide groups is 1. The molecule has 4 aromatic heterocycles. The van der Waals surface area contributed by atoms with E-state index in [1.54, 1.807) is 16.8 Å². The first-order valence-electron chi connectivity index (χ1n) is 23.8. The molecule has 11 rings (SSSR count). The maximum absolute atomic E-state index is 15.6. The van der Waals surface area contributed by atoms with E-state index in [-0.39, 0.29) is 36.3 Å². The van der Waals surface area contributed by atoms with Crippen LogP contribution in [0.4, 0.5) is 26.0 Å². The molecule has 1 saturated carbocycles. The predicted octanol–water partition coefficient (Wildman–Crippen LogP) is 5.43. The predicted molar refractivity (Wildman–Crippen MR) is 253 cm³/mol. The van der Waals surface area contributed by atoms with Crippen LogP contribution in [0.3, 0.4) is 0 Å². The highest BCUT2D eigenvalue weighted by Gasteiger charge is 2.39. The third kappa shape index (κ3) is 8.95. The number of nitriles is 1. The molecule has 6 aromatic rings. The van der Waals surface area contributed by atoms with Gasteiger partial charge in [-0.05, 0) is 61.9 Å². The highest BCUT2D eigenvalue weighted by atomic mass is 19.1. The molecule has 2 amide bonds. The first kappa shape index (κ1) is 44.5. The molecule has 17 nitrogen and oxygen atoms in total. The topological polar surface area (TPSA) is 174 Å². The quantitative estimate of drug-likeness (QED) is 0.158. The smallest absolute Gasteiger partial charge is 0.249 e. The van der Waals surface area contributed by atoms with Crippen LogP contribution in [-0.4, -0.2) is 135 Å². The second-order valence-electron chi connectivity index (χ2n) is 18.7. The summed E-state index contributed by atoms with van der Waals surface area (Å²) in [4.78, 5) is 43.4. The zero-order valence-electron chi connectivity index (χ0n) is 38.3. The number of piperazine rings is 2. The molecule has 356 valence electrons. The fraction of sp³-hybridized carbons (Fsp3) is 0.420. The van der Waals surface area contributed by atoms with Crippen molar-refractivity contribution >= 4 is 34.5 Å². The Labute approximate surface area is 397 Å². The Hall–Kier alpha value is -7.01. The number of hydrogen-bond acceptors (Lipinski definition) is 14. The largest absolute Gasteiger partial charge is 0.495 e. The number of pyridine rings is 1. The van der Waals surface area contributed by atoms with Crippen LogP contribution in [0.1, 0.15) is 55.7 Å². The Morgan fingerprint density at radius 2 is 1.62 bits per heavy atom. The van der Waals surface area contributed by atoms with Crippen molar-refractivity contribution in [3.05, 3.63) is 102 Å². The molecule has 69 heavy (non-hydrogen) atoms. The molecule has 2 aromatic carbocycles. The minimum Gasteiger partial charge on any atom is -0.495 e. The lowest BCUT2D eigenvalue weighted by Gasteiger charge is -2.50. The van der Waals surface area contributed by atoms with Gasteiger partial charge >= 0.3 is 0 Å². The van der Waals surface area contributed by atoms with Crippen LogP contribution in [0, 0.1) is 23.0 Å². The fourth-order valence-electron chi connectivity index (χ4n) is 10.9. The zero-order chi connectivity index (χ0) is 47.2. The number of fused-ring (bicyclic) bond motifs is 3. The van der Waals surface area contributed by atoms with E-state index in [1.807, 2.05) is 42.9 Å². The number of hydrogen-bond donors (Lipinski definition) is 2. The second kappa shape index (κ2) is 18.8. The molecule has 8 heterocycles. The standard InChI is InChI=1S/C50H53F2N13O4/c1-68-45-19-44(40(52)18-42(45)57-41-11-13-47(66)59-50(41)67)61-16-14-60(15-17-61)36-7-9-37(10-8-36)64-25-34(23-55-64)43-28-65-49(33(20-53)22-56-65)48(58-43)32-4-12-46(54-21-32)62-26-38-29-69-30-39(27-62)63(38)24-31-2-5-35(51)6-3-31/h2-6,12,18-19,21-23,25,28,36-39,41,57H,7-11,13-17,24,26-27,29-30H2,1H3,(H,59,66,67)/t36-,37-,38-,39+,41?. The van der Waals surface area contributed by atoms with Gasteiger partial charge in [0.25, 0.3) is 0 Å². The Balaban J connectivity index is 0.726. The van der Waals surface area contributed by atoms with Crippen molar-refractivity contribution in [3.8, 4) is 34.3 Å². The van der Waals surface area contributed by atoms with E-state index < -0.39 is 17.8 Å². The van der Waals surface area contributed by atoms with Crippen molar-refractivity contribution in [2.24, 2.45) is 0 Å². The van der Waals surface area contributed by atoms with Crippen LogP contribution >= 0.6 is 0 Å². The van der Waals surface area contributed by atoms with E-state index in [4.69, 9.17) is 24.5 Å². The number of amides is 2. The van der Waals surface area contributed by atoms with E-state index in [1.165, 1.54) is 25.3 Å². The van der Waals surface area contributed by atoms with Crippen molar-refractivity contribution < 1.29 is 27.8 Å². The van der Waals surface area contributed by atoms with Crippen LogP contribution in [0.25, 0.3) is 28.0 Å². The van der Waals surface area contributed by atoms with E-state index >= 15 is 4.39 Å². The summed E-state index contributed by atoms with van der Waals surface area (Å²) in [5.74, 6) is -0.0684. The molecule has 4 aliphatic heterocycles. The first-order valence-corrected chi connectivity index (χ1v) is 23.8. The van der Waals surface area contributed by atoms with Gasteiger partial charge in [0.15, 0.2) is 0 Å². The molecule has 2 bridgehead atoms. The number of benzene rings is 2. The highest BCUT2D eigenvalue weighted by molar-refractivity contribution is 6.01. The highest BCUT2D eigenvalue weighted by Crippen LogP contribution is 2.37. The van der Waals surface area contributed by atoms with Crippen molar-refractivity contribution in [1.82, 2.24) is 44.5 Å². The van der Waals surface area contributed by atoms with E-state index in [0.717, 1.165) is 80.9 Å². The summed E-state index contributed by atoms with van der Waals surface area (Å²) < 4.78 is 44.6. The van der Waals surface area contributed by atoms with Gasteiger partial charge in [-0.1, -0.05) is 12.1 Å². The van der Waals surface area contributed by atoms with Crippen LogP contribution in [0.2, 0.25) is 0 Å². The number of anilines is 3. The molecule has 4 saturated heterocycles. The number of rotatable bonds is 11. The zero-order valence-corrected chi connectivity index (χ0v) is 38.3. The Morgan fingerprint density at radius 1 is 0.855 bits per heavy atom. The average molecular weight is 938 g/mol. The number of aromatic nitrogens is 6. The number of morpholine rings is 1. The van der Waals surface area contributed by atoms with Crippen molar-refractivity contribution in [3.63, 3.8) is 0 Å². The molecule has 1 aliphatic carbocycles. The maximum atomic E-state index is 15.6. The Kier molecular flexibility index (Phi) is 12.1. The lowest BCUT2D eigenvalue weighted by atomic mass is 9.90. The van der Waals surface area contributed by atoms with E-state index in [9.17, 15) is 19.2 Å². The number of carbonyl (C=O) groups is 2. The third-order valence-corrected chi connectivity index (χ3v) is 14.6. The van der Waals surface area contributed by atoms with Crippen LogP contribution in [0.15, 0.2) is 79.5 Å². The van der Waals surface area contributed by atoms with Gasteiger partial charge in [-0.15, -0.1) is 0 Å². The number of carbonyl (C=O) groups excluding carboxylic acids is 2. The molecule has 2 N–H and O–H groups in total. The number of piperidine rings is 1. The van der Waals surface area contributed by atoms with Crippen molar-refractivity contribution in [1.29, 1.82) is 5.26 Å². The number of nitrogens with one attached hydrogen (secondary N) is 2. The third-order valence-electron chi connectivity index (χ3n) is 14.6. The van der Waals surface area contributed by atoms with Crippen LogP contribution in [0.5, 0.6) is 5.75 Å². The van der Waals surface area contributed by atoms with Gasteiger partial charge in [0.1, 0.15) is 46.4 Å². The molecule has 3 atom stereocenters. The number of nitrogens with zero attached hydrogens (tertiary/aromatic N) is 11. The first-order chi connectivity index (χ1) is 33.7. The molecule has 0 radical (unpaired) electrons. The Bertz CT molecular complexity index is 2890. The molecular formula is C50H53F2N13O4. The molecule has 0 spiro atoms. The van der Waals surface area contributed by atoms with Gasteiger partial charge in [-0.25, -0.2) is 23.3 Å². The monoisotopic (exact) mass is 937 g/mol. The summed E-state index contributed by atoms with van der Waals surface area (Å²) in [6.45, 7) is 6.42. The number of methoxy groups -OCH3 is 1. The van der Waals surface area contributed by atoms with Gasteiger partial charge in [-0.3, -0.25) is 29.4 Å². The van der Waals surface area contributed by atoms with Crippen molar-refractivity contribution in [2.45, 2.75) is 75.3 Å². The molecule has 5 fully saturated rings. The summed E-state index contributed by atoms with van der Waals surface area (Å²) in [6, 6.07) is 16.5. The summed E-state index contributed by atoms with van der Waals surface area (Å²) in [5, 5.41) is 24.8. The van der Waals surface area contributed by atoms with Crippen LogP contribution in [-0.2, 0) is 20.9 Å². The van der Waals surface area contributed by atoms with Gasteiger partial charge in [0, 0.05) is 93.9 Å². The molecule has 19 heteroatoms. The van der Waals surface area contributed by atoms with Crippen LogP contribution < -0.4 is 25.2 Å². The summed E-state index contributed by atoms with van der Waals surface area (Å²) in [7, 11) is 1.52. The fourth-order valence-corrected chi connectivity index (χ4v) is 10.9. The van der Waals surface area contributed by atoms with Gasteiger partial charge in [0.05, 0.1) is 79.8 Å². The minimum atomic E-state index is -0.647. The van der Waals surface area contributed by atoms with Gasteiger partial charge < -0.3 is 24.6 Å². The molecule has 5 aliphatic rings. The normalized spacial score (nSPS) is 23.5. The van der Waals surface area contributed by atoms with E-state index in [0.29, 0.717) is 78.4 Å². The summed E-state index contributed by atoms with van der Waals surface area (Å²) in [5.41, 5.74) is 5.89. The van der Waals surface area contributed by atoms with Gasteiger partial charge in [-0.2, -0.15) is 15.5 Å². The average Bonchev–Trinajstić information content (AvgIpc) is 4.04. The van der Waals surface area contributed by atoms with E-state index in [2.05, 4.69) is 52.3 Å². The number of ether oxygens (including phenoxy) is 2.